The number of rotatable bonds is 19. The number of carboxylic acid groups (broad SMARTS) is 1. The number of amides is 2. The second kappa shape index (κ2) is 17.3. The van der Waals surface area contributed by atoms with Crippen molar-refractivity contribution in [3.63, 3.8) is 0 Å². The predicted octanol–water partition coefficient (Wildman–Crippen LogP) is 5.38. The van der Waals surface area contributed by atoms with Gasteiger partial charge in [0.1, 0.15) is 11.8 Å². The number of aromatic nitrogens is 1. The maximum atomic E-state index is 12.5. The second-order valence-corrected chi connectivity index (χ2v) is 9.58. The van der Waals surface area contributed by atoms with Crippen LogP contribution in [0.4, 0.5) is 0 Å². The van der Waals surface area contributed by atoms with Gasteiger partial charge in [-0.2, -0.15) is 0 Å². The van der Waals surface area contributed by atoms with Crippen molar-refractivity contribution in [3.8, 4) is 0 Å². The molecule has 1 heterocycles. The number of hydrogen-bond donors (Lipinski definition) is 3. The lowest BCUT2D eigenvalue weighted by atomic mass is 10.1. The molecule has 3 N–H and O–H groups in total. The molecule has 1 aromatic heterocycles. The topological polar surface area (TPSA) is 122 Å². The van der Waals surface area contributed by atoms with Crippen molar-refractivity contribution in [1.82, 2.24) is 15.6 Å². The highest BCUT2D eigenvalue weighted by atomic mass is 16.4. The molecule has 1 unspecified atom stereocenters. The molecule has 8 heteroatoms. The zero-order valence-corrected chi connectivity index (χ0v) is 22.4. The quantitative estimate of drug-likeness (QED) is 0.217. The molecule has 0 radical (unpaired) electrons. The van der Waals surface area contributed by atoms with Crippen molar-refractivity contribution in [2.45, 2.75) is 103 Å². The zero-order chi connectivity index (χ0) is 26.9. The molecule has 2 aromatic rings. The molecule has 0 aliphatic carbocycles. The standard InChI is InChI=1S/C29H43N3O5/c1-3-4-5-6-7-8-12-18-25(33)31-24(29(35)36)17-13-14-21-30-28(34)27-22(2)37-26(32-27)20-19-23-15-10-9-11-16-23/h9-11,15-16,24H,3-8,12-14,17-21H2,1-2H3,(H,30,34)(H,31,33)(H,35,36). The van der Waals surface area contributed by atoms with E-state index in [1.165, 1.54) is 31.2 Å². The first-order chi connectivity index (χ1) is 17.9. The van der Waals surface area contributed by atoms with Gasteiger partial charge in [0.05, 0.1) is 0 Å². The van der Waals surface area contributed by atoms with Crippen molar-refractivity contribution < 1.29 is 23.9 Å². The van der Waals surface area contributed by atoms with Gasteiger partial charge >= 0.3 is 5.97 Å². The number of hydrogen-bond acceptors (Lipinski definition) is 5. The van der Waals surface area contributed by atoms with Gasteiger partial charge in [-0.15, -0.1) is 0 Å². The number of nitrogens with zero attached hydrogens (tertiary/aromatic N) is 1. The summed E-state index contributed by atoms with van der Waals surface area (Å²) in [6, 6.07) is 9.12. The minimum Gasteiger partial charge on any atom is -0.480 e. The molecule has 1 aromatic carbocycles. The molecular formula is C29H43N3O5. The van der Waals surface area contributed by atoms with Crippen molar-refractivity contribution >= 4 is 17.8 Å². The van der Waals surface area contributed by atoms with Gasteiger partial charge in [0.15, 0.2) is 11.6 Å². The average molecular weight is 514 g/mol. The van der Waals surface area contributed by atoms with Gasteiger partial charge in [0.2, 0.25) is 5.91 Å². The third kappa shape index (κ3) is 12.1. The van der Waals surface area contributed by atoms with Crippen molar-refractivity contribution in [3.05, 3.63) is 53.2 Å². The molecule has 204 valence electrons. The number of oxazole rings is 1. The number of aryl methyl sites for hydroxylation is 3. The highest BCUT2D eigenvalue weighted by molar-refractivity contribution is 5.93. The molecule has 0 fully saturated rings. The fourth-order valence-corrected chi connectivity index (χ4v) is 4.19. The molecule has 0 saturated heterocycles. The Labute approximate surface area is 220 Å². The lowest BCUT2D eigenvalue weighted by Gasteiger charge is -2.14. The Morgan fingerprint density at radius 1 is 0.946 bits per heavy atom. The number of carbonyl (C=O) groups is 3. The number of carbonyl (C=O) groups excluding carboxylic acids is 2. The smallest absolute Gasteiger partial charge is 0.326 e. The summed E-state index contributed by atoms with van der Waals surface area (Å²) in [7, 11) is 0. The summed E-state index contributed by atoms with van der Waals surface area (Å²) in [6.07, 6.45) is 11.0. The van der Waals surface area contributed by atoms with E-state index in [-0.39, 0.29) is 17.5 Å². The third-order valence-electron chi connectivity index (χ3n) is 6.37. The largest absolute Gasteiger partial charge is 0.480 e. The molecule has 0 saturated carbocycles. The number of nitrogens with one attached hydrogen (secondary N) is 2. The summed E-state index contributed by atoms with van der Waals surface area (Å²) in [5.41, 5.74) is 1.46. The van der Waals surface area contributed by atoms with Crippen LogP contribution in [0.5, 0.6) is 0 Å². The third-order valence-corrected chi connectivity index (χ3v) is 6.37. The van der Waals surface area contributed by atoms with Crippen molar-refractivity contribution in [1.29, 1.82) is 0 Å². The Bertz CT molecular complexity index is 958. The molecule has 0 bridgehead atoms. The van der Waals surface area contributed by atoms with E-state index in [0.29, 0.717) is 50.3 Å². The van der Waals surface area contributed by atoms with Crippen LogP contribution in [0.3, 0.4) is 0 Å². The lowest BCUT2D eigenvalue weighted by molar-refractivity contribution is -0.142. The van der Waals surface area contributed by atoms with Crippen molar-refractivity contribution in [2.75, 3.05) is 6.54 Å². The Balaban J connectivity index is 1.63. The number of benzene rings is 1. The van der Waals surface area contributed by atoms with Crippen LogP contribution in [0.2, 0.25) is 0 Å². The van der Waals surface area contributed by atoms with Gasteiger partial charge < -0.3 is 20.2 Å². The number of aliphatic carboxylic acids is 1. The van der Waals surface area contributed by atoms with Gasteiger partial charge in [-0.1, -0.05) is 75.8 Å². The first-order valence-electron chi connectivity index (χ1n) is 13.7. The summed E-state index contributed by atoms with van der Waals surface area (Å²) in [6.45, 7) is 4.30. The molecule has 1 atom stereocenters. The van der Waals surface area contributed by atoms with Crippen LogP contribution < -0.4 is 10.6 Å². The zero-order valence-electron chi connectivity index (χ0n) is 22.4. The highest BCUT2D eigenvalue weighted by Crippen LogP contribution is 2.13. The SMILES string of the molecule is CCCCCCCCCC(=O)NC(CCCCNC(=O)c1nc(CCc2ccccc2)oc1C)C(=O)O. The fourth-order valence-electron chi connectivity index (χ4n) is 4.19. The Morgan fingerprint density at radius 3 is 2.35 bits per heavy atom. The molecule has 37 heavy (non-hydrogen) atoms. The highest BCUT2D eigenvalue weighted by Gasteiger charge is 2.20. The first-order valence-corrected chi connectivity index (χ1v) is 13.7. The van der Waals surface area contributed by atoms with E-state index < -0.39 is 12.0 Å². The molecule has 8 nitrogen and oxygen atoms in total. The Kier molecular flexibility index (Phi) is 14.1. The lowest BCUT2D eigenvalue weighted by Crippen LogP contribution is -2.40. The molecule has 0 aliphatic heterocycles. The summed E-state index contributed by atoms with van der Waals surface area (Å²) >= 11 is 0. The fraction of sp³-hybridized carbons (Fsp3) is 0.586. The predicted molar refractivity (Wildman–Crippen MR) is 143 cm³/mol. The first kappa shape index (κ1) is 30.1. The average Bonchev–Trinajstić information content (AvgIpc) is 3.26. The van der Waals surface area contributed by atoms with Crippen LogP contribution in [-0.2, 0) is 22.4 Å². The molecule has 2 amide bonds. The maximum absolute atomic E-state index is 12.5. The minimum atomic E-state index is -1.03. The van der Waals surface area contributed by atoms with Crippen LogP contribution in [0.1, 0.15) is 105 Å². The molecule has 2 rings (SSSR count). The number of carboxylic acids is 1. The van der Waals surface area contributed by atoms with E-state index >= 15 is 0 Å². The van der Waals surface area contributed by atoms with E-state index in [9.17, 15) is 19.5 Å². The van der Waals surface area contributed by atoms with Gasteiger partial charge in [-0.25, -0.2) is 9.78 Å². The van der Waals surface area contributed by atoms with Crippen LogP contribution in [0, 0.1) is 6.92 Å². The van der Waals surface area contributed by atoms with Crippen LogP contribution in [-0.4, -0.2) is 40.5 Å². The second-order valence-electron chi connectivity index (χ2n) is 9.58. The van der Waals surface area contributed by atoms with E-state index in [1.54, 1.807) is 6.92 Å². The number of unbranched alkanes of at least 4 members (excludes halogenated alkanes) is 7. The minimum absolute atomic E-state index is 0.209. The Morgan fingerprint density at radius 2 is 1.65 bits per heavy atom. The maximum Gasteiger partial charge on any atom is 0.326 e. The molecule has 0 aliphatic rings. The Hall–Kier alpha value is -3.16. The van der Waals surface area contributed by atoms with Gasteiger partial charge in [-0.05, 0) is 44.6 Å². The van der Waals surface area contributed by atoms with E-state index in [1.807, 2.05) is 30.3 Å². The molecule has 0 spiro atoms. The monoisotopic (exact) mass is 513 g/mol. The normalized spacial score (nSPS) is 11.7. The van der Waals surface area contributed by atoms with E-state index in [4.69, 9.17) is 4.42 Å². The molecular weight excluding hydrogens is 470 g/mol. The van der Waals surface area contributed by atoms with Gasteiger partial charge in [0.25, 0.3) is 5.91 Å². The van der Waals surface area contributed by atoms with Crippen LogP contribution in [0.15, 0.2) is 34.7 Å². The summed E-state index contributed by atoms with van der Waals surface area (Å²) < 4.78 is 5.66. The summed E-state index contributed by atoms with van der Waals surface area (Å²) in [5.74, 6) is -0.528. The van der Waals surface area contributed by atoms with E-state index in [0.717, 1.165) is 25.7 Å². The van der Waals surface area contributed by atoms with Crippen molar-refractivity contribution in [2.24, 2.45) is 0 Å². The van der Waals surface area contributed by atoms with Gasteiger partial charge in [0, 0.05) is 19.4 Å². The summed E-state index contributed by atoms with van der Waals surface area (Å²) in [4.78, 5) is 40.6. The van der Waals surface area contributed by atoms with E-state index in [2.05, 4.69) is 22.5 Å². The summed E-state index contributed by atoms with van der Waals surface area (Å²) in [5, 5.41) is 14.9. The van der Waals surface area contributed by atoms with Crippen LogP contribution in [0.25, 0.3) is 0 Å². The van der Waals surface area contributed by atoms with Crippen LogP contribution >= 0.6 is 0 Å². The van der Waals surface area contributed by atoms with Gasteiger partial charge in [-0.3, -0.25) is 9.59 Å².